The SMILES string of the molecule is O=C(COc1ccccc1)N1CCC(C(=O)N2CCCC3(CCCCC3)CC2)CC1. The molecular weight excluding hydrogens is 376 g/mol. The average Bonchev–Trinajstić information content (AvgIpc) is 3.01. The average molecular weight is 413 g/mol. The molecule has 164 valence electrons. The van der Waals surface area contributed by atoms with Gasteiger partial charge in [-0.25, -0.2) is 0 Å². The van der Waals surface area contributed by atoms with Crippen molar-refractivity contribution in [3.8, 4) is 5.75 Å². The van der Waals surface area contributed by atoms with Gasteiger partial charge in [0, 0.05) is 32.1 Å². The smallest absolute Gasteiger partial charge is 0.260 e. The number of piperidine rings is 1. The minimum absolute atomic E-state index is 0.0127. The lowest BCUT2D eigenvalue weighted by Gasteiger charge is -2.37. The Labute approximate surface area is 180 Å². The zero-order valence-corrected chi connectivity index (χ0v) is 18.2. The van der Waals surface area contributed by atoms with E-state index < -0.39 is 0 Å². The number of nitrogens with zero attached hydrogens (tertiary/aromatic N) is 2. The molecule has 2 amide bonds. The van der Waals surface area contributed by atoms with Crippen LogP contribution in [0.1, 0.15) is 64.2 Å². The van der Waals surface area contributed by atoms with Gasteiger partial charge in [0.1, 0.15) is 5.75 Å². The third-order valence-electron chi connectivity index (χ3n) is 7.58. The Kier molecular flexibility index (Phi) is 6.96. The van der Waals surface area contributed by atoms with Crippen LogP contribution < -0.4 is 4.74 Å². The molecule has 0 radical (unpaired) electrons. The van der Waals surface area contributed by atoms with Crippen LogP contribution in [0.3, 0.4) is 0 Å². The highest BCUT2D eigenvalue weighted by Crippen LogP contribution is 2.44. The lowest BCUT2D eigenvalue weighted by Crippen LogP contribution is -2.46. The fourth-order valence-corrected chi connectivity index (χ4v) is 5.66. The summed E-state index contributed by atoms with van der Waals surface area (Å²) in [6.45, 7) is 3.24. The summed E-state index contributed by atoms with van der Waals surface area (Å²) >= 11 is 0. The number of hydrogen-bond donors (Lipinski definition) is 0. The molecule has 3 aliphatic rings. The molecule has 1 aliphatic carbocycles. The molecule has 0 bridgehead atoms. The molecule has 5 heteroatoms. The van der Waals surface area contributed by atoms with Crippen LogP contribution in [-0.4, -0.2) is 54.4 Å². The van der Waals surface area contributed by atoms with Crippen LogP contribution in [0, 0.1) is 11.3 Å². The summed E-state index contributed by atoms with van der Waals surface area (Å²) in [6.07, 6.45) is 12.0. The van der Waals surface area contributed by atoms with Gasteiger partial charge in [-0.1, -0.05) is 37.5 Å². The number of carbonyl (C=O) groups excluding carboxylic acids is 2. The molecular formula is C25H36N2O3. The topological polar surface area (TPSA) is 49.9 Å². The fourth-order valence-electron chi connectivity index (χ4n) is 5.66. The number of likely N-dealkylation sites (tertiary alicyclic amines) is 2. The van der Waals surface area contributed by atoms with E-state index in [1.54, 1.807) is 0 Å². The lowest BCUT2D eigenvalue weighted by molar-refractivity contribution is -0.141. The molecule has 1 spiro atoms. The Hall–Kier alpha value is -2.04. The Morgan fingerprint density at radius 2 is 1.53 bits per heavy atom. The van der Waals surface area contributed by atoms with Gasteiger partial charge < -0.3 is 14.5 Å². The maximum atomic E-state index is 13.2. The summed E-state index contributed by atoms with van der Waals surface area (Å²) in [7, 11) is 0. The summed E-state index contributed by atoms with van der Waals surface area (Å²) in [6, 6.07) is 9.44. The summed E-state index contributed by atoms with van der Waals surface area (Å²) in [4.78, 5) is 29.6. The van der Waals surface area contributed by atoms with Crippen molar-refractivity contribution in [1.82, 2.24) is 9.80 Å². The van der Waals surface area contributed by atoms with E-state index in [9.17, 15) is 9.59 Å². The van der Waals surface area contributed by atoms with E-state index >= 15 is 0 Å². The Bertz CT molecular complexity index is 706. The van der Waals surface area contributed by atoms with Crippen molar-refractivity contribution < 1.29 is 14.3 Å². The first-order valence-corrected chi connectivity index (χ1v) is 11.9. The Morgan fingerprint density at radius 3 is 2.27 bits per heavy atom. The third-order valence-corrected chi connectivity index (χ3v) is 7.58. The van der Waals surface area contributed by atoms with Crippen LogP contribution in [-0.2, 0) is 9.59 Å². The molecule has 3 fully saturated rings. The first kappa shape index (κ1) is 21.2. The van der Waals surface area contributed by atoms with Crippen LogP contribution in [0.4, 0.5) is 0 Å². The highest BCUT2D eigenvalue weighted by molar-refractivity contribution is 5.80. The molecule has 0 unspecified atom stereocenters. The quantitative estimate of drug-likeness (QED) is 0.742. The first-order chi connectivity index (χ1) is 14.7. The standard InChI is InChI=1S/C25H36N2O3/c28-23(20-30-22-8-3-1-4-9-22)26-17-10-21(11-18-26)24(29)27-16-7-14-25(15-19-27)12-5-2-6-13-25/h1,3-4,8-9,21H,2,5-7,10-20H2. The molecule has 1 aromatic rings. The number of para-hydroxylation sites is 1. The van der Waals surface area contributed by atoms with E-state index in [2.05, 4.69) is 4.90 Å². The largest absolute Gasteiger partial charge is 0.484 e. The van der Waals surface area contributed by atoms with Gasteiger partial charge in [-0.3, -0.25) is 9.59 Å². The molecule has 30 heavy (non-hydrogen) atoms. The summed E-state index contributed by atoms with van der Waals surface area (Å²) < 4.78 is 5.59. The monoisotopic (exact) mass is 412 g/mol. The van der Waals surface area contributed by atoms with Crippen molar-refractivity contribution in [2.75, 3.05) is 32.8 Å². The number of rotatable bonds is 4. The predicted octanol–water partition coefficient (Wildman–Crippen LogP) is 4.27. The van der Waals surface area contributed by atoms with E-state index in [4.69, 9.17) is 4.74 Å². The van der Waals surface area contributed by atoms with Crippen LogP contribution >= 0.6 is 0 Å². The molecule has 0 atom stereocenters. The second-order valence-electron chi connectivity index (χ2n) is 9.50. The van der Waals surface area contributed by atoms with Crippen molar-refractivity contribution in [1.29, 1.82) is 0 Å². The van der Waals surface area contributed by atoms with Gasteiger partial charge in [0.05, 0.1) is 0 Å². The molecule has 0 N–H and O–H groups in total. The molecule has 0 aromatic heterocycles. The van der Waals surface area contributed by atoms with Crippen LogP contribution in [0.25, 0.3) is 0 Å². The van der Waals surface area contributed by atoms with Crippen molar-refractivity contribution >= 4 is 11.8 Å². The van der Waals surface area contributed by atoms with Crippen LogP contribution in [0.5, 0.6) is 5.75 Å². The van der Waals surface area contributed by atoms with Crippen LogP contribution in [0.15, 0.2) is 30.3 Å². The minimum atomic E-state index is 0.0127. The van der Waals surface area contributed by atoms with Gasteiger partial charge in [-0.2, -0.15) is 0 Å². The maximum Gasteiger partial charge on any atom is 0.260 e. The van der Waals surface area contributed by atoms with Crippen LogP contribution in [0.2, 0.25) is 0 Å². The molecule has 1 aromatic carbocycles. The first-order valence-electron chi connectivity index (χ1n) is 11.9. The van der Waals surface area contributed by atoms with Gasteiger partial charge in [-0.05, 0) is 62.5 Å². The second kappa shape index (κ2) is 9.84. The third kappa shape index (κ3) is 5.16. The van der Waals surface area contributed by atoms with Crippen molar-refractivity contribution in [3.63, 3.8) is 0 Å². The zero-order valence-electron chi connectivity index (χ0n) is 18.2. The van der Waals surface area contributed by atoms with Gasteiger partial charge in [-0.15, -0.1) is 0 Å². The van der Waals surface area contributed by atoms with E-state index in [0.29, 0.717) is 30.2 Å². The molecule has 4 rings (SSSR count). The Morgan fingerprint density at radius 1 is 0.833 bits per heavy atom. The van der Waals surface area contributed by atoms with Gasteiger partial charge in [0.15, 0.2) is 6.61 Å². The Balaban J connectivity index is 1.22. The summed E-state index contributed by atoms with van der Waals surface area (Å²) in [5.41, 5.74) is 0.516. The van der Waals surface area contributed by atoms with Gasteiger partial charge in [0.25, 0.3) is 5.91 Å². The molecule has 2 saturated heterocycles. The van der Waals surface area contributed by atoms with E-state index in [1.165, 1.54) is 44.9 Å². The zero-order chi connectivity index (χ0) is 20.8. The lowest BCUT2D eigenvalue weighted by atomic mass is 9.69. The van der Waals surface area contributed by atoms with Crippen molar-refractivity contribution in [2.24, 2.45) is 11.3 Å². The highest BCUT2D eigenvalue weighted by atomic mass is 16.5. The number of ether oxygens (including phenoxy) is 1. The number of benzene rings is 1. The van der Waals surface area contributed by atoms with E-state index in [0.717, 1.165) is 32.4 Å². The summed E-state index contributed by atoms with van der Waals surface area (Å²) in [5, 5.41) is 0. The number of amides is 2. The molecule has 2 heterocycles. The maximum absolute atomic E-state index is 13.2. The van der Waals surface area contributed by atoms with Crippen molar-refractivity contribution in [3.05, 3.63) is 30.3 Å². The molecule has 2 aliphatic heterocycles. The predicted molar refractivity (Wildman–Crippen MR) is 117 cm³/mol. The summed E-state index contributed by atoms with van der Waals surface area (Å²) in [5.74, 6) is 1.13. The van der Waals surface area contributed by atoms with E-state index in [-0.39, 0.29) is 18.4 Å². The fraction of sp³-hybridized carbons (Fsp3) is 0.680. The highest BCUT2D eigenvalue weighted by Gasteiger charge is 2.36. The normalized spacial score (nSPS) is 22.5. The second-order valence-corrected chi connectivity index (χ2v) is 9.50. The van der Waals surface area contributed by atoms with E-state index in [1.807, 2.05) is 35.2 Å². The molecule has 1 saturated carbocycles. The van der Waals surface area contributed by atoms with Gasteiger partial charge >= 0.3 is 0 Å². The number of hydrogen-bond acceptors (Lipinski definition) is 3. The molecule has 5 nitrogen and oxygen atoms in total. The van der Waals surface area contributed by atoms with Crippen molar-refractivity contribution in [2.45, 2.75) is 64.2 Å². The number of carbonyl (C=O) groups is 2. The van der Waals surface area contributed by atoms with Gasteiger partial charge in [0.2, 0.25) is 5.91 Å². The minimum Gasteiger partial charge on any atom is -0.484 e.